The number of nitrogens with zero attached hydrogens (tertiary/aromatic N) is 3. The zero-order chi connectivity index (χ0) is 15.0. The number of anilines is 1. The van der Waals surface area contributed by atoms with Crippen LogP contribution in [0.4, 0.5) is 11.5 Å². The van der Waals surface area contributed by atoms with Crippen LogP contribution in [0.3, 0.4) is 0 Å². The molecule has 1 rings (SSSR count). The molecule has 7 heteroatoms. The molecule has 0 amide bonds. The van der Waals surface area contributed by atoms with Gasteiger partial charge in [0.05, 0.1) is 4.92 Å². The van der Waals surface area contributed by atoms with Crippen LogP contribution in [0.25, 0.3) is 0 Å². The van der Waals surface area contributed by atoms with E-state index in [1.54, 1.807) is 11.6 Å². The minimum atomic E-state index is -0.371. The lowest BCUT2D eigenvalue weighted by Crippen LogP contribution is -2.12. The summed E-state index contributed by atoms with van der Waals surface area (Å²) in [5.41, 5.74) is 0.529. The fourth-order valence-corrected chi connectivity index (χ4v) is 1.97. The van der Waals surface area contributed by atoms with E-state index < -0.39 is 0 Å². The molecule has 20 heavy (non-hydrogen) atoms. The largest absolute Gasteiger partial charge is 0.381 e. The predicted molar refractivity (Wildman–Crippen MR) is 78.1 cm³/mol. The van der Waals surface area contributed by atoms with Crippen LogP contribution in [0, 0.1) is 17.0 Å². The summed E-state index contributed by atoms with van der Waals surface area (Å²) in [6, 6.07) is 0. The lowest BCUT2D eigenvalue weighted by atomic mass is 10.3. The molecule has 0 unspecified atom stereocenters. The van der Waals surface area contributed by atoms with E-state index in [1.165, 1.54) is 0 Å². The number of aromatic nitrogens is 2. The van der Waals surface area contributed by atoms with Crippen LogP contribution in [0.15, 0.2) is 0 Å². The quantitative estimate of drug-likeness (QED) is 0.406. The van der Waals surface area contributed by atoms with E-state index in [4.69, 9.17) is 4.74 Å². The maximum absolute atomic E-state index is 11.1. The first-order valence-electron chi connectivity index (χ1n) is 7.15. The van der Waals surface area contributed by atoms with E-state index in [2.05, 4.69) is 17.3 Å². The van der Waals surface area contributed by atoms with Gasteiger partial charge in [0, 0.05) is 26.3 Å². The molecular formula is C13H24N4O3. The Morgan fingerprint density at radius 3 is 2.70 bits per heavy atom. The molecule has 1 N–H and O–H groups in total. The number of nitro groups is 1. The maximum Gasteiger partial charge on any atom is 0.333 e. The molecule has 1 aromatic heterocycles. The summed E-state index contributed by atoms with van der Waals surface area (Å²) < 4.78 is 7.07. The number of rotatable bonds is 10. The van der Waals surface area contributed by atoms with Crippen molar-refractivity contribution in [1.82, 2.24) is 9.78 Å². The molecule has 7 nitrogen and oxygen atoms in total. The van der Waals surface area contributed by atoms with Crippen molar-refractivity contribution in [3.8, 4) is 0 Å². The highest BCUT2D eigenvalue weighted by Crippen LogP contribution is 2.28. The highest BCUT2D eigenvalue weighted by molar-refractivity contribution is 5.59. The molecule has 1 heterocycles. The van der Waals surface area contributed by atoms with E-state index >= 15 is 0 Å². The number of ether oxygens (including phenoxy) is 1. The summed E-state index contributed by atoms with van der Waals surface area (Å²) in [4.78, 5) is 10.8. The molecule has 0 atom stereocenters. The molecule has 0 fully saturated rings. The van der Waals surface area contributed by atoms with Gasteiger partial charge >= 0.3 is 5.69 Å². The highest BCUT2D eigenvalue weighted by atomic mass is 16.6. The van der Waals surface area contributed by atoms with Crippen molar-refractivity contribution in [2.24, 2.45) is 0 Å². The Hall–Kier alpha value is -1.63. The highest BCUT2D eigenvalue weighted by Gasteiger charge is 2.24. The van der Waals surface area contributed by atoms with E-state index in [-0.39, 0.29) is 10.6 Å². The maximum atomic E-state index is 11.1. The SMILES string of the molecule is CCCOCCCNc1c([N+](=O)[O-])c(C)nn1CCC. The van der Waals surface area contributed by atoms with E-state index in [0.29, 0.717) is 31.2 Å². The van der Waals surface area contributed by atoms with E-state index in [9.17, 15) is 10.1 Å². The number of hydrogen-bond donors (Lipinski definition) is 1. The Morgan fingerprint density at radius 2 is 2.10 bits per heavy atom. The van der Waals surface area contributed by atoms with Gasteiger partial charge in [-0.1, -0.05) is 13.8 Å². The molecule has 0 saturated carbocycles. The lowest BCUT2D eigenvalue weighted by molar-refractivity contribution is -0.384. The van der Waals surface area contributed by atoms with Crippen LogP contribution in [0.1, 0.15) is 38.8 Å². The van der Waals surface area contributed by atoms with Gasteiger partial charge in [0.25, 0.3) is 0 Å². The molecule has 0 radical (unpaired) electrons. The van der Waals surface area contributed by atoms with Crippen molar-refractivity contribution in [2.45, 2.75) is 46.6 Å². The van der Waals surface area contributed by atoms with Crippen molar-refractivity contribution >= 4 is 11.5 Å². The third kappa shape index (κ3) is 4.48. The second kappa shape index (κ2) is 8.52. The minimum Gasteiger partial charge on any atom is -0.381 e. The molecule has 0 spiro atoms. The molecular weight excluding hydrogens is 260 g/mol. The summed E-state index contributed by atoms with van der Waals surface area (Å²) in [5.74, 6) is 0.504. The molecule has 0 aliphatic heterocycles. The fourth-order valence-electron chi connectivity index (χ4n) is 1.97. The normalized spacial score (nSPS) is 10.8. The Morgan fingerprint density at radius 1 is 1.35 bits per heavy atom. The standard InChI is InChI=1S/C13H24N4O3/c1-4-8-16-13(12(17(18)19)11(3)15-16)14-7-6-10-20-9-5-2/h14H,4-10H2,1-3H3. The number of nitrogens with one attached hydrogen (secondary N) is 1. The fraction of sp³-hybridized carbons (Fsp3) is 0.769. The van der Waals surface area contributed by atoms with Crippen LogP contribution < -0.4 is 5.32 Å². The molecule has 0 aliphatic rings. The average molecular weight is 284 g/mol. The molecule has 0 bridgehead atoms. The van der Waals surface area contributed by atoms with Gasteiger partial charge in [-0.15, -0.1) is 0 Å². The summed E-state index contributed by atoms with van der Waals surface area (Å²) >= 11 is 0. The lowest BCUT2D eigenvalue weighted by Gasteiger charge is -2.08. The van der Waals surface area contributed by atoms with Gasteiger partial charge in [0.1, 0.15) is 5.69 Å². The zero-order valence-electron chi connectivity index (χ0n) is 12.5. The van der Waals surface area contributed by atoms with Crippen LogP contribution >= 0.6 is 0 Å². The molecule has 1 aromatic rings. The zero-order valence-corrected chi connectivity index (χ0v) is 12.5. The Balaban J connectivity index is 2.63. The molecule has 0 aliphatic carbocycles. The van der Waals surface area contributed by atoms with Crippen LogP contribution in [-0.4, -0.2) is 34.5 Å². The number of hydrogen-bond acceptors (Lipinski definition) is 5. The van der Waals surface area contributed by atoms with E-state index in [1.807, 2.05) is 6.92 Å². The van der Waals surface area contributed by atoms with Crippen molar-refractivity contribution < 1.29 is 9.66 Å². The van der Waals surface area contributed by atoms with Gasteiger partial charge in [-0.05, 0) is 26.2 Å². The van der Waals surface area contributed by atoms with Crippen molar-refractivity contribution in [3.05, 3.63) is 15.8 Å². The van der Waals surface area contributed by atoms with Gasteiger partial charge in [-0.25, -0.2) is 4.68 Å². The summed E-state index contributed by atoms with van der Waals surface area (Å²) in [6.07, 6.45) is 2.70. The van der Waals surface area contributed by atoms with Gasteiger partial charge in [-0.2, -0.15) is 5.10 Å². The van der Waals surface area contributed by atoms with Crippen molar-refractivity contribution in [1.29, 1.82) is 0 Å². The third-order valence-corrected chi connectivity index (χ3v) is 2.82. The van der Waals surface area contributed by atoms with Crippen LogP contribution in [-0.2, 0) is 11.3 Å². The first-order chi connectivity index (χ1) is 9.61. The molecule has 0 aromatic carbocycles. The third-order valence-electron chi connectivity index (χ3n) is 2.82. The average Bonchev–Trinajstić information content (AvgIpc) is 2.70. The van der Waals surface area contributed by atoms with Gasteiger partial charge in [0.2, 0.25) is 5.82 Å². The van der Waals surface area contributed by atoms with Gasteiger partial charge < -0.3 is 10.1 Å². The topological polar surface area (TPSA) is 82.2 Å². The van der Waals surface area contributed by atoms with Gasteiger partial charge in [-0.3, -0.25) is 10.1 Å². The van der Waals surface area contributed by atoms with Crippen molar-refractivity contribution in [2.75, 3.05) is 25.1 Å². The van der Waals surface area contributed by atoms with E-state index in [0.717, 1.165) is 25.9 Å². The number of aryl methyl sites for hydroxylation is 2. The first-order valence-corrected chi connectivity index (χ1v) is 7.15. The summed E-state index contributed by atoms with van der Waals surface area (Å²) in [5, 5.41) is 18.5. The predicted octanol–water partition coefficient (Wildman–Crippen LogP) is 2.74. The van der Waals surface area contributed by atoms with Gasteiger partial charge in [0.15, 0.2) is 0 Å². The Bertz CT molecular complexity index is 431. The molecule has 0 saturated heterocycles. The van der Waals surface area contributed by atoms with Crippen LogP contribution in [0.2, 0.25) is 0 Å². The second-order valence-electron chi connectivity index (χ2n) is 4.66. The molecule has 114 valence electrons. The minimum absolute atomic E-state index is 0.0768. The smallest absolute Gasteiger partial charge is 0.333 e. The summed E-state index contributed by atoms with van der Waals surface area (Å²) in [6.45, 7) is 8.48. The second-order valence-corrected chi connectivity index (χ2v) is 4.66. The Kier molecular flexibility index (Phi) is 7.00. The van der Waals surface area contributed by atoms with Crippen LogP contribution in [0.5, 0.6) is 0 Å². The van der Waals surface area contributed by atoms with Crippen molar-refractivity contribution in [3.63, 3.8) is 0 Å². The first kappa shape index (κ1) is 16.4. The Labute approximate surface area is 119 Å². The monoisotopic (exact) mass is 284 g/mol. The summed E-state index contributed by atoms with van der Waals surface area (Å²) in [7, 11) is 0.